The summed E-state index contributed by atoms with van der Waals surface area (Å²) in [7, 11) is 0. The molecule has 0 radical (unpaired) electrons. The van der Waals surface area contributed by atoms with Crippen molar-refractivity contribution in [3.05, 3.63) is 66.0 Å². The third-order valence-corrected chi connectivity index (χ3v) is 4.66. The summed E-state index contributed by atoms with van der Waals surface area (Å²) in [6.45, 7) is 0.825. The highest BCUT2D eigenvalue weighted by Gasteiger charge is 2.37. The standard InChI is InChI=1S/C21H24N4O3/c26-19(23-14-11-17-8-4-5-13-22-17)10-9-18-20(27)25(21(28)24-18)15-12-16-6-2-1-3-7-16/h1-8,13,18H,9-12,14-15H2,(H,23,26)(H,24,28)/t18-/m1/s1. The molecule has 0 unspecified atom stereocenters. The summed E-state index contributed by atoms with van der Waals surface area (Å²) in [4.78, 5) is 42.0. The van der Waals surface area contributed by atoms with E-state index in [2.05, 4.69) is 15.6 Å². The van der Waals surface area contributed by atoms with E-state index in [1.807, 2.05) is 48.5 Å². The molecule has 0 aliphatic carbocycles. The van der Waals surface area contributed by atoms with Gasteiger partial charge in [0, 0.05) is 37.8 Å². The Balaban J connectivity index is 1.39. The van der Waals surface area contributed by atoms with Gasteiger partial charge in [0.15, 0.2) is 0 Å². The lowest BCUT2D eigenvalue weighted by atomic mass is 10.1. The Hall–Kier alpha value is -3.22. The summed E-state index contributed by atoms with van der Waals surface area (Å²) in [5, 5.41) is 5.50. The number of rotatable bonds is 9. The zero-order chi connectivity index (χ0) is 19.8. The highest BCUT2D eigenvalue weighted by atomic mass is 16.2. The number of nitrogens with zero attached hydrogens (tertiary/aromatic N) is 2. The number of carbonyl (C=O) groups is 3. The average Bonchev–Trinajstić information content (AvgIpc) is 2.99. The van der Waals surface area contributed by atoms with E-state index in [0.29, 0.717) is 32.4 Å². The predicted molar refractivity (Wildman–Crippen MR) is 104 cm³/mol. The fourth-order valence-electron chi connectivity index (χ4n) is 3.11. The molecule has 1 aromatic carbocycles. The molecular formula is C21H24N4O3. The molecule has 0 saturated carbocycles. The molecule has 1 atom stereocenters. The Bertz CT molecular complexity index is 811. The molecule has 0 bridgehead atoms. The lowest BCUT2D eigenvalue weighted by molar-refractivity contribution is -0.127. The van der Waals surface area contributed by atoms with Crippen LogP contribution in [0, 0.1) is 0 Å². The zero-order valence-corrected chi connectivity index (χ0v) is 15.6. The molecule has 4 amide bonds. The van der Waals surface area contributed by atoms with Crippen molar-refractivity contribution in [2.75, 3.05) is 13.1 Å². The van der Waals surface area contributed by atoms with Crippen molar-refractivity contribution in [1.82, 2.24) is 20.5 Å². The van der Waals surface area contributed by atoms with E-state index in [4.69, 9.17) is 0 Å². The van der Waals surface area contributed by atoms with E-state index < -0.39 is 6.04 Å². The van der Waals surface area contributed by atoms with Gasteiger partial charge in [-0.3, -0.25) is 19.5 Å². The van der Waals surface area contributed by atoms with Gasteiger partial charge in [0.25, 0.3) is 5.91 Å². The normalized spacial score (nSPS) is 16.1. The van der Waals surface area contributed by atoms with Gasteiger partial charge in [-0.1, -0.05) is 36.4 Å². The molecule has 2 heterocycles. The number of carbonyl (C=O) groups excluding carboxylic acids is 3. The van der Waals surface area contributed by atoms with Gasteiger partial charge >= 0.3 is 6.03 Å². The van der Waals surface area contributed by atoms with Crippen LogP contribution in [-0.4, -0.2) is 46.9 Å². The van der Waals surface area contributed by atoms with Crippen LogP contribution in [0.15, 0.2) is 54.7 Å². The molecule has 3 rings (SSSR count). The highest BCUT2D eigenvalue weighted by molar-refractivity contribution is 6.04. The Morgan fingerprint density at radius 1 is 1.07 bits per heavy atom. The molecule has 1 aliphatic rings. The van der Waals surface area contributed by atoms with Gasteiger partial charge in [0.05, 0.1) is 0 Å². The molecule has 2 N–H and O–H groups in total. The van der Waals surface area contributed by atoms with Crippen LogP contribution in [0.25, 0.3) is 0 Å². The molecule has 1 saturated heterocycles. The Morgan fingerprint density at radius 2 is 1.86 bits per heavy atom. The number of imide groups is 1. The van der Waals surface area contributed by atoms with Gasteiger partial charge in [-0.15, -0.1) is 0 Å². The van der Waals surface area contributed by atoms with Crippen LogP contribution >= 0.6 is 0 Å². The van der Waals surface area contributed by atoms with E-state index in [0.717, 1.165) is 11.3 Å². The van der Waals surface area contributed by atoms with Crippen LogP contribution in [0.1, 0.15) is 24.1 Å². The van der Waals surface area contributed by atoms with Crippen molar-refractivity contribution in [3.63, 3.8) is 0 Å². The van der Waals surface area contributed by atoms with Crippen molar-refractivity contribution >= 4 is 17.8 Å². The zero-order valence-electron chi connectivity index (χ0n) is 15.6. The maximum Gasteiger partial charge on any atom is 0.324 e. The summed E-state index contributed by atoms with van der Waals surface area (Å²) in [6.07, 6.45) is 3.46. The topological polar surface area (TPSA) is 91.4 Å². The maximum absolute atomic E-state index is 12.5. The van der Waals surface area contributed by atoms with Crippen molar-refractivity contribution < 1.29 is 14.4 Å². The first-order valence-electron chi connectivity index (χ1n) is 9.46. The summed E-state index contributed by atoms with van der Waals surface area (Å²) in [5.41, 5.74) is 1.98. The average molecular weight is 380 g/mol. The Morgan fingerprint density at radius 3 is 2.61 bits per heavy atom. The molecule has 1 aliphatic heterocycles. The highest BCUT2D eigenvalue weighted by Crippen LogP contribution is 2.12. The molecule has 7 heteroatoms. The van der Waals surface area contributed by atoms with Crippen LogP contribution in [0.5, 0.6) is 0 Å². The van der Waals surface area contributed by atoms with Gasteiger partial charge in [0.2, 0.25) is 5.91 Å². The smallest absolute Gasteiger partial charge is 0.324 e. The second-order valence-corrected chi connectivity index (χ2v) is 6.69. The number of benzene rings is 1. The van der Waals surface area contributed by atoms with Crippen LogP contribution in [0.3, 0.4) is 0 Å². The molecule has 146 valence electrons. The number of aromatic nitrogens is 1. The van der Waals surface area contributed by atoms with Crippen LogP contribution in [0.4, 0.5) is 4.79 Å². The molecule has 28 heavy (non-hydrogen) atoms. The molecule has 0 spiro atoms. The van der Waals surface area contributed by atoms with E-state index in [1.165, 1.54) is 4.90 Å². The number of hydrogen-bond acceptors (Lipinski definition) is 4. The summed E-state index contributed by atoms with van der Waals surface area (Å²) in [5.74, 6) is -0.400. The second-order valence-electron chi connectivity index (χ2n) is 6.69. The van der Waals surface area contributed by atoms with Gasteiger partial charge in [0.1, 0.15) is 6.04 Å². The van der Waals surface area contributed by atoms with Crippen molar-refractivity contribution in [2.45, 2.75) is 31.7 Å². The quantitative estimate of drug-likeness (QED) is 0.648. The fourth-order valence-corrected chi connectivity index (χ4v) is 3.11. The van der Waals surface area contributed by atoms with Gasteiger partial charge in [-0.25, -0.2) is 4.79 Å². The first-order valence-corrected chi connectivity index (χ1v) is 9.46. The monoisotopic (exact) mass is 380 g/mol. The van der Waals surface area contributed by atoms with E-state index in [-0.39, 0.29) is 24.3 Å². The van der Waals surface area contributed by atoms with E-state index in [1.54, 1.807) is 6.20 Å². The van der Waals surface area contributed by atoms with Gasteiger partial charge < -0.3 is 10.6 Å². The van der Waals surface area contributed by atoms with E-state index >= 15 is 0 Å². The first kappa shape index (κ1) is 19.5. The predicted octanol–water partition coefficient (Wildman–Crippen LogP) is 1.68. The second kappa shape index (κ2) is 9.64. The largest absolute Gasteiger partial charge is 0.356 e. The maximum atomic E-state index is 12.5. The molecule has 2 aromatic rings. The number of urea groups is 1. The number of pyridine rings is 1. The molecule has 7 nitrogen and oxygen atoms in total. The lowest BCUT2D eigenvalue weighted by Gasteiger charge is -2.13. The minimum absolute atomic E-state index is 0.138. The lowest BCUT2D eigenvalue weighted by Crippen LogP contribution is -2.34. The van der Waals surface area contributed by atoms with Crippen molar-refractivity contribution in [1.29, 1.82) is 0 Å². The Labute approximate surface area is 164 Å². The fraction of sp³-hybridized carbons (Fsp3) is 0.333. The van der Waals surface area contributed by atoms with Crippen LogP contribution in [-0.2, 0) is 22.4 Å². The number of amides is 4. The van der Waals surface area contributed by atoms with Crippen LogP contribution < -0.4 is 10.6 Å². The third-order valence-electron chi connectivity index (χ3n) is 4.66. The van der Waals surface area contributed by atoms with Gasteiger partial charge in [-0.2, -0.15) is 0 Å². The molecule has 1 fully saturated rings. The van der Waals surface area contributed by atoms with Crippen molar-refractivity contribution in [2.24, 2.45) is 0 Å². The first-order chi connectivity index (χ1) is 13.6. The van der Waals surface area contributed by atoms with E-state index in [9.17, 15) is 14.4 Å². The van der Waals surface area contributed by atoms with Gasteiger partial charge in [-0.05, 0) is 30.5 Å². The summed E-state index contributed by atoms with van der Waals surface area (Å²) in [6, 6.07) is 14.3. The minimum Gasteiger partial charge on any atom is -0.356 e. The Kier molecular flexibility index (Phi) is 6.73. The van der Waals surface area contributed by atoms with Crippen molar-refractivity contribution in [3.8, 4) is 0 Å². The number of nitrogens with one attached hydrogen (secondary N) is 2. The molecule has 1 aromatic heterocycles. The van der Waals surface area contributed by atoms with Crippen LogP contribution in [0.2, 0.25) is 0 Å². The SMILES string of the molecule is O=C(CC[C@H]1NC(=O)N(CCc2ccccc2)C1=O)NCCc1ccccn1. The summed E-state index contributed by atoms with van der Waals surface area (Å²) < 4.78 is 0. The summed E-state index contributed by atoms with van der Waals surface area (Å²) >= 11 is 0. The minimum atomic E-state index is -0.634. The molecular weight excluding hydrogens is 356 g/mol. The number of hydrogen-bond donors (Lipinski definition) is 2. The third kappa shape index (κ3) is 5.39.